The minimum atomic E-state index is -1.14. The van der Waals surface area contributed by atoms with Gasteiger partial charge in [-0.25, -0.2) is 6.57 Å². The fraction of sp³-hybridized carbons (Fsp3) is 0.810. The Morgan fingerprint density at radius 2 is 1.33 bits per heavy atom. The van der Waals surface area contributed by atoms with Crippen LogP contribution in [0.1, 0.15) is 103 Å². The van der Waals surface area contributed by atoms with Crippen molar-refractivity contribution in [3.63, 3.8) is 0 Å². The van der Waals surface area contributed by atoms with Crippen LogP contribution in [0.15, 0.2) is 10.2 Å². The van der Waals surface area contributed by atoms with E-state index in [2.05, 4.69) is 15.1 Å². The average molecular weight is 385 g/mol. The summed E-state index contributed by atoms with van der Waals surface area (Å²) in [6, 6.07) is 2.05. The summed E-state index contributed by atoms with van der Waals surface area (Å²) in [4.78, 5) is 26.2. The van der Waals surface area contributed by atoms with Crippen molar-refractivity contribution in [3.8, 4) is 6.07 Å². The highest BCUT2D eigenvalue weighted by atomic mass is 16.1. The normalized spacial score (nSPS) is 13.3. The number of nitriles is 1. The van der Waals surface area contributed by atoms with Crippen molar-refractivity contribution in [3.05, 3.63) is 11.4 Å². The molecule has 0 amide bonds. The Morgan fingerprint density at radius 3 is 1.67 bits per heavy atom. The van der Waals surface area contributed by atoms with Gasteiger partial charge in [0, 0.05) is 32.6 Å². The van der Waals surface area contributed by atoms with Gasteiger partial charge in [-0.1, -0.05) is 51.0 Å². The first-order valence-corrected chi connectivity index (χ1v) is 7.51. The SMILES string of the molecule is C.C.C.C.C.[C-]#[N+]C(C)(CCC(=O)CC)N=NC(C)(C#N)CCC(=O)CC. The zero-order valence-electron chi connectivity index (χ0n) is 13.8. The van der Waals surface area contributed by atoms with Crippen LogP contribution < -0.4 is 0 Å². The number of carbonyl (C=O) groups excluding carboxylic acids is 2. The molecule has 0 spiro atoms. The van der Waals surface area contributed by atoms with Crippen LogP contribution in [0, 0.1) is 17.9 Å². The van der Waals surface area contributed by atoms with E-state index in [-0.39, 0.29) is 74.4 Å². The van der Waals surface area contributed by atoms with Crippen molar-refractivity contribution in [1.82, 2.24) is 0 Å². The van der Waals surface area contributed by atoms with Crippen molar-refractivity contribution in [2.75, 3.05) is 0 Å². The van der Waals surface area contributed by atoms with E-state index in [4.69, 9.17) is 6.57 Å². The lowest BCUT2D eigenvalue weighted by molar-refractivity contribution is -0.119. The van der Waals surface area contributed by atoms with Crippen LogP contribution in [-0.2, 0) is 9.59 Å². The standard InChI is InChI=1S/C16H24N4O2.5CH4/c1-6-13(21)8-10-15(3,12-17)19-20-16(4,18-5)11-9-14(22)7-2;;;;;/h6-11H2,1-4H3;5*1H4. The molecule has 0 aromatic carbocycles. The lowest BCUT2D eigenvalue weighted by Gasteiger charge is -2.16. The topological polar surface area (TPSA) is 87.0 Å². The molecule has 0 saturated carbocycles. The fourth-order valence-corrected chi connectivity index (χ4v) is 1.59. The van der Waals surface area contributed by atoms with Gasteiger partial charge in [0.1, 0.15) is 11.6 Å². The predicted molar refractivity (Wildman–Crippen MR) is 117 cm³/mol. The number of carbonyl (C=O) groups is 2. The van der Waals surface area contributed by atoms with Gasteiger partial charge in [0.25, 0.3) is 0 Å². The summed E-state index contributed by atoms with van der Waals surface area (Å²) in [5.41, 5.74) is -2.26. The van der Waals surface area contributed by atoms with E-state index >= 15 is 0 Å². The number of rotatable bonds is 10. The van der Waals surface area contributed by atoms with Gasteiger partial charge in [-0.05, 0) is 13.3 Å². The second kappa shape index (κ2) is 18.7. The lowest BCUT2D eigenvalue weighted by atomic mass is 9.97. The molecule has 27 heavy (non-hydrogen) atoms. The molecule has 6 heteroatoms. The van der Waals surface area contributed by atoms with Crippen LogP contribution in [0.25, 0.3) is 4.85 Å². The molecule has 0 heterocycles. The van der Waals surface area contributed by atoms with Gasteiger partial charge in [-0.3, -0.25) is 14.4 Å². The Bertz CT molecular complexity index is 471. The molecule has 0 aliphatic rings. The number of hydrogen-bond acceptors (Lipinski definition) is 5. The quantitative estimate of drug-likeness (QED) is 0.298. The maximum absolute atomic E-state index is 11.4. The summed E-state index contributed by atoms with van der Waals surface area (Å²) >= 11 is 0. The first-order valence-electron chi connectivity index (χ1n) is 7.51. The summed E-state index contributed by atoms with van der Waals surface area (Å²) in [5.74, 6) is 0.139. The van der Waals surface area contributed by atoms with Crippen molar-refractivity contribution in [2.45, 2.75) is 115 Å². The average Bonchev–Trinajstić information content (AvgIpc) is 2.55. The number of hydrogen-bond donors (Lipinski definition) is 0. The first kappa shape index (κ1) is 39.8. The van der Waals surface area contributed by atoms with Gasteiger partial charge >= 0.3 is 5.66 Å². The molecule has 0 N–H and O–H groups in total. The van der Waals surface area contributed by atoms with Crippen LogP contribution in [-0.4, -0.2) is 22.8 Å². The molecule has 2 unspecified atom stereocenters. The predicted octanol–water partition coefficient (Wildman–Crippen LogP) is 7.06. The highest BCUT2D eigenvalue weighted by molar-refractivity contribution is 5.78. The van der Waals surface area contributed by atoms with Gasteiger partial charge in [0.2, 0.25) is 0 Å². The molecule has 6 nitrogen and oxygen atoms in total. The van der Waals surface area contributed by atoms with E-state index in [1.807, 2.05) is 6.07 Å². The third-order valence-electron chi connectivity index (χ3n) is 3.52. The van der Waals surface area contributed by atoms with Gasteiger partial charge in [0.05, 0.1) is 12.5 Å². The van der Waals surface area contributed by atoms with Crippen LogP contribution in [0.2, 0.25) is 0 Å². The zero-order chi connectivity index (χ0) is 17.2. The maximum atomic E-state index is 11.4. The van der Waals surface area contributed by atoms with E-state index in [1.165, 1.54) is 0 Å². The fourth-order valence-electron chi connectivity index (χ4n) is 1.59. The van der Waals surface area contributed by atoms with Crippen LogP contribution in [0.3, 0.4) is 0 Å². The summed E-state index contributed by atoms with van der Waals surface area (Å²) < 4.78 is 0. The van der Waals surface area contributed by atoms with E-state index < -0.39 is 11.2 Å². The van der Waals surface area contributed by atoms with Gasteiger partial charge < -0.3 is 0 Å². The smallest absolute Gasteiger partial charge is 0.300 e. The zero-order valence-corrected chi connectivity index (χ0v) is 13.8. The molecular formula is C21H44N4O2. The minimum absolute atomic E-state index is 0. The number of ketones is 2. The van der Waals surface area contributed by atoms with Crippen LogP contribution in [0.5, 0.6) is 0 Å². The summed E-state index contributed by atoms with van der Waals surface area (Å²) in [6.45, 7) is 14.0. The van der Waals surface area contributed by atoms with Gasteiger partial charge in [-0.15, -0.1) is 5.11 Å². The highest BCUT2D eigenvalue weighted by Crippen LogP contribution is 2.25. The van der Waals surface area contributed by atoms with Crippen LogP contribution in [0.4, 0.5) is 0 Å². The second-order valence-electron chi connectivity index (χ2n) is 5.70. The molecule has 2 atom stereocenters. The largest absolute Gasteiger partial charge is 0.338 e. The van der Waals surface area contributed by atoms with E-state index in [0.717, 1.165) is 0 Å². The molecule has 0 aromatic rings. The van der Waals surface area contributed by atoms with Crippen molar-refractivity contribution >= 4 is 11.6 Å². The van der Waals surface area contributed by atoms with Gasteiger partial charge in [-0.2, -0.15) is 10.4 Å². The van der Waals surface area contributed by atoms with Crippen molar-refractivity contribution in [2.24, 2.45) is 10.2 Å². The van der Waals surface area contributed by atoms with Crippen molar-refractivity contribution in [1.29, 1.82) is 5.26 Å². The maximum Gasteiger partial charge on any atom is 0.338 e. The molecule has 0 bridgehead atoms. The molecule has 0 aliphatic heterocycles. The molecule has 0 radical (unpaired) electrons. The highest BCUT2D eigenvalue weighted by Gasteiger charge is 2.33. The molecule has 160 valence electrons. The second-order valence-corrected chi connectivity index (χ2v) is 5.70. The number of nitrogens with zero attached hydrogens (tertiary/aromatic N) is 4. The summed E-state index contributed by atoms with van der Waals surface area (Å²) in [5, 5.41) is 17.3. The van der Waals surface area contributed by atoms with E-state index in [9.17, 15) is 14.9 Å². The molecule has 0 aliphatic carbocycles. The monoisotopic (exact) mass is 384 g/mol. The van der Waals surface area contributed by atoms with Crippen molar-refractivity contribution < 1.29 is 9.59 Å². The summed E-state index contributed by atoms with van der Waals surface area (Å²) in [6.07, 6.45) is 1.95. The Labute approximate surface area is 169 Å². The number of azo groups is 1. The molecule has 0 rings (SSSR count). The van der Waals surface area contributed by atoms with Crippen LogP contribution >= 0.6 is 0 Å². The van der Waals surface area contributed by atoms with E-state index in [0.29, 0.717) is 12.8 Å². The minimum Gasteiger partial charge on any atom is -0.300 e. The number of Topliss-reactive ketones (excluding diaryl/α,β-unsaturated/α-hetero) is 2. The Hall–Kier alpha value is -2.08. The lowest BCUT2D eigenvalue weighted by Crippen LogP contribution is -2.24. The Balaban J connectivity index is -0.000000220. The van der Waals surface area contributed by atoms with E-state index in [1.54, 1.807) is 27.7 Å². The summed E-state index contributed by atoms with van der Waals surface area (Å²) in [7, 11) is 0. The van der Waals surface area contributed by atoms with Gasteiger partial charge in [0.15, 0.2) is 5.54 Å². The Kier molecular flexibility index (Phi) is 27.6. The third-order valence-corrected chi connectivity index (χ3v) is 3.52. The molecule has 0 fully saturated rings. The molecule has 0 saturated heterocycles. The Morgan fingerprint density at radius 1 is 0.926 bits per heavy atom. The molecular weight excluding hydrogens is 340 g/mol. The third kappa shape index (κ3) is 15.9. The molecule has 0 aromatic heterocycles. The first-order chi connectivity index (χ1) is 10.2.